The van der Waals surface area contributed by atoms with Gasteiger partial charge in [-0.3, -0.25) is 0 Å². The van der Waals surface area contributed by atoms with Crippen molar-refractivity contribution in [2.24, 2.45) is 11.3 Å². The Bertz CT molecular complexity index is 219. The maximum atomic E-state index is 3.93. The first-order chi connectivity index (χ1) is 6.06. The molecule has 0 aromatic carbocycles. The molecule has 0 aromatic rings. The Hall–Kier alpha value is -0.560. The highest BCUT2D eigenvalue weighted by atomic mass is 15.2. The van der Waals surface area contributed by atoms with Gasteiger partial charge in [-0.15, -0.1) is 6.58 Å². The van der Waals surface area contributed by atoms with Gasteiger partial charge in [0.05, 0.1) is 0 Å². The van der Waals surface area contributed by atoms with E-state index in [1.165, 1.54) is 0 Å². The van der Waals surface area contributed by atoms with Gasteiger partial charge in [-0.1, -0.05) is 32.6 Å². The van der Waals surface area contributed by atoms with Crippen molar-refractivity contribution in [3.8, 4) is 0 Å². The molecule has 1 rings (SSSR count). The summed E-state index contributed by atoms with van der Waals surface area (Å²) in [5, 5.41) is 0. The molecule has 0 N–H and O–H groups in total. The van der Waals surface area contributed by atoms with Gasteiger partial charge in [0, 0.05) is 18.0 Å². The van der Waals surface area contributed by atoms with E-state index in [-0.39, 0.29) is 12.8 Å². The fraction of sp³-hybridized carbons (Fsp3) is 0.692. The minimum Gasteiger partial charge on any atom is -0.302 e. The summed E-state index contributed by atoms with van der Waals surface area (Å²) in [6, 6.07) is 0.603. The van der Waals surface area contributed by atoms with Crippen LogP contribution in [-0.4, -0.2) is 24.5 Å². The zero-order valence-electron chi connectivity index (χ0n) is 9.25. The first kappa shape index (κ1) is 13.4. The van der Waals surface area contributed by atoms with Gasteiger partial charge < -0.3 is 4.90 Å². The fourth-order valence-electron chi connectivity index (χ4n) is 2.40. The van der Waals surface area contributed by atoms with Crippen LogP contribution in [0.4, 0.5) is 0 Å². The number of hydrogen-bond acceptors (Lipinski definition) is 1. The molecule has 0 bridgehead atoms. The topological polar surface area (TPSA) is 3.24 Å². The number of rotatable bonds is 2. The molecule has 0 radical (unpaired) electrons. The van der Waals surface area contributed by atoms with Crippen molar-refractivity contribution in [3.63, 3.8) is 0 Å². The van der Waals surface area contributed by atoms with Crippen molar-refractivity contribution in [1.82, 2.24) is 4.90 Å². The van der Waals surface area contributed by atoms with Gasteiger partial charge in [0.25, 0.3) is 0 Å². The van der Waals surface area contributed by atoms with E-state index in [1.807, 2.05) is 0 Å². The third-order valence-electron chi connectivity index (χ3n) is 3.66. The Morgan fingerprint density at radius 1 is 1.50 bits per heavy atom. The zero-order valence-corrected chi connectivity index (χ0v) is 9.25. The van der Waals surface area contributed by atoms with E-state index in [0.29, 0.717) is 12.0 Å². The minimum absolute atomic E-state index is 0. The molecule has 3 atom stereocenters. The summed E-state index contributed by atoms with van der Waals surface area (Å²) in [5.41, 5.74) is 0.269. The molecule has 14 heavy (non-hydrogen) atoms. The maximum Gasteiger partial charge on any atom is 0.0159 e. The van der Waals surface area contributed by atoms with Gasteiger partial charge in [0.2, 0.25) is 0 Å². The summed E-state index contributed by atoms with van der Waals surface area (Å²) >= 11 is 0. The Morgan fingerprint density at radius 3 is 2.50 bits per heavy atom. The molecule has 1 heterocycles. The lowest BCUT2D eigenvalue weighted by molar-refractivity contribution is 0.249. The average molecular weight is 195 g/mol. The highest BCUT2D eigenvalue weighted by Gasteiger charge is 2.43. The standard InChI is InChI=1S/C12H21N.CH4/c1-6-8-12(4)10(3)13(5)9-11(12)7-2;/h6-8,10-11H,2,9H2,1,3-5H3;1H4/b8-6-;. The van der Waals surface area contributed by atoms with Gasteiger partial charge in [0.1, 0.15) is 0 Å². The Labute approximate surface area is 89.5 Å². The van der Waals surface area contributed by atoms with E-state index in [0.717, 1.165) is 6.54 Å². The van der Waals surface area contributed by atoms with Gasteiger partial charge in [-0.05, 0) is 26.8 Å². The van der Waals surface area contributed by atoms with Crippen LogP contribution in [-0.2, 0) is 0 Å². The van der Waals surface area contributed by atoms with Crippen molar-refractivity contribution in [2.45, 2.75) is 34.2 Å². The van der Waals surface area contributed by atoms with Crippen LogP contribution in [0.2, 0.25) is 0 Å². The summed E-state index contributed by atoms with van der Waals surface area (Å²) in [4.78, 5) is 2.41. The first-order valence-electron chi connectivity index (χ1n) is 5.03. The van der Waals surface area contributed by atoms with E-state index in [2.05, 4.69) is 57.5 Å². The second-order valence-corrected chi connectivity index (χ2v) is 4.32. The smallest absolute Gasteiger partial charge is 0.0159 e. The molecule has 0 aromatic heterocycles. The third kappa shape index (κ3) is 1.93. The summed E-state index contributed by atoms with van der Waals surface area (Å²) in [6.45, 7) is 11.8. The van der Waals surface area contributed by atoms with Crippen LogP contribution >= 0.6 is 0 Å². The highest BCUT2D eigenvalue weighted by molar-refractivity contribution is 5.13. The second-order valence-electron chi connectivity index (χ2n) is 4.32. The summed E-state index contributed by atoms with van der Waals surface area (Å²) in [7, 11) is 2.19. The number of hydrogen-bond donors (Lipinski definition) is 0. The molecule has 0 spiro atoms. The quantitative estimate of drug-likeness (QED) is 0.611. The minimum atomic E-state index is 0. The predicted octanol–water partition coefficient (Wildman–Crippen LogP) is 3.34. The SMILES string of the molecule is C.C=CC1CN(C)C(C)C1(C)/C=C\C. The van der Waals surface area contributed by atoms with E-state index in [1.54, 1.807) is 0 Å². The molecule has 1 fully saturated rings. The van der Waals surface area contributed by atoms with Crippen molar-refractivity contribution in [1.29, 1.82) is 0 Å². The molecule has 3 unspecified atom stereocenters. The van der Waals surface area contributed by atoms with Gasteiger partial charge in [-0.25, -0.2) is 0 Å². The lowest BCUT2D eigenvalue weighted by Crippen LogP contribution is -2.33. The van der Waals surface area contributed by atoms with Crippen LogP contribution in [0.25, 0.3) is 0 Å². The number of nitrogens with zero attached hydrogens (tertiary/aromatic N) is 1. The van der Waals surface area contributed by atoms with Crippen LogP contribution in [0.5, 0.6) is 0 Å². The number of allylic oxidation sites excluding steroid dienone is 1. The van der Waals surface area contributed by atoms with E-state index in [4.69, 9.17) is 0 Å². The molecule has 1 aliphatic rings. The molecule has 1 heteroatoms. The van der Waals surface area contributed by atoms with Crippen LogP contribution < -0.4 is 0 Å². The van der Waals surface area contributed by atoms with Crippen molar-refractivity contribution >= 4 is 0 Å². The maximum absolute atomic E-state index is 3.93. The molecule has 0 saturated carbocycles. The van der Waals surface area contributed by atoms with Gasteiger partial charge in [-0.2, -0.15) is 0 Å². The normalized spacial score (nSPS) is 38.6. The monoisotopic (exact) mass is 195 g/mol. The highest BCUT2D eigenvalue weighted by Crippen LogP contribution is 2.42. The molecular weight excluding hydrogens is 170 g/mol. The lowest BCUT2D eigenvalue weighted by Gasteiger charge is -2.31. The first-order valence-corrected chi connectivity index (χ1v) is 5.03. The second kappa shape index (κ2) is 4.79. The van der Waals surface area contributed by atoms with E-state index < -0.39 is 0 Å². The molecular formula is C13H25N. The largest absolute Gasteiger partial charge is 0.302 e. The van der Waals surface area contributed by atoms with Crippen molar-refractivity contribution < 1.29 is 0 Å². The Balaban J connectivity index is 0.00000169. The Kier molecular flexibility index (Phi) is 4.60. The lowest BCUT2D eigenvalue weighted by atomic mass is 9.75. The zero-order chi connectivity index (χ0) is 10.1. The summed E-state index contributed by atoms with van der Waals surface area (Å²) in [6.07, 6.45) is 6.58. The molecule has 1 nitrogen and oxygen atoms in total. The van der Waals surface area contributed by atoms with E-state index in [9.17, 15) is 0 Å². The number of likely N-dealkylation sites (tertiary alicyclic amines) is 1. The fourth-order valence-corrected chi connectivity index (χ4v) is 2.40. The predicted molar refractivity (Wildman–Crippen MR) is 65.4 cm³/mol. The third-order valence-corrected chi connectivity index (χ3v) is 3.66. The van der Waals surface area contributed by atoms with Gasteiger partial charge >= 0.3 is 0 Å². The van der Waals surface area contributed by atoms with Gasteiger partial charge in [0.15, 0.2) is 0 Å². The summed E-state index contributed by atoms with van der Waals surface area (Å²) < 4.78 is 0. The van der Waals surface area contributed by atoms with Crippen LogP contribution in [0.1, 0.15) is 28.2 Å². The molecule has 0 aliphatic carbocycles. The van der Waals surface area contributed by atoms with Crippen LogP contribution in [0.3, 0.4) is 0 Å². The van der Waals surface area contributed by atoms with Crippen molar-refractivity contribution in [3.05, 3.63) is 24.8 Å². The van der Waals surface area contributed by atoms with Crippen LogP contribution in [0, 0.1) is 11.3 Å². The Morgan fingerprint density at radius 2 is 2.07 bits per heavy atom. The molecule has 1 saturated heterocycles. The average Bonchev–Trinajstić information content (AvgIpc) is 2.31. The van der Waals surface area contributed by atoms with Crippen LogP contribution in [0.15, 0.2) is 24.8 Å². The molecule has 0 amide bonds. The summed E-state index contributed by atoms with van der Waals surface area (Å²) in [5.74, 6) is 0.587. The van der Waals surface area contributed by atoms with E-state index >= 15 is 0 Å². The molecule has 82 valence electrons. The molecule has 1 aliphatic heterocycles. The van der Waals surface area contributed by atoms with Crippen molar-refractivity contribution in [2.75, 3.05) is 13.6 Å².